The fraction of sp³-hybridized carbons (Fsp3) is 0.667. The van der Waals surface area contributed by atoms with E-state index in [2.05, 4.69) is 9.64 Å². The Balaban J connectivity index is 1.57. The smallest absolute Gasteiger partial charge is 0.394 e. The highest BCUT2D eigenvalue weighted by Gasteiger charge is 2.38. The fourth-order valence-electron chi connectivity index (χ4n) is 4.63. The number of hydrogen-bond acceptors (Lipinski definition) is 3. The summed E-state index contributed by atoms with van der Waals surface area (Å²) in [7, 11) is 0. The van der Waals surface area contributed by atoms with Gasteiger partial charge in [0.15, 0.2) is 0 Å². The number of carboxylic acids is 1. The highest BCUT2D eigenvalue weighted by molar-refractivity contribution is 6.33. The number of hydrogen-bond donors (Lipinski definition) is 1. The molecule has 1 heterocycles. The maximum atomic E-state index is 13.2. The summed E-state index contributed by atoms with van der Waals surface area (Å²) < 4.78 is 31.0. The van der Waals surface area contributed by atoms with Crippen LogP contribution in [-0.2, 0) is 4.79 Å². The number of rotatable bonds is 6. The van der Waals surface area contributed by atoms with Crippen molar-refractivity contribution in [2.45, 2.75) is 64.4 Å². The van der Waals surface area contributed by atoms with Gasteiger partial charge in [0.25, 0.3) is 0 Å². The molecule has 0 radical (unpaired) electrons. The lowest BCUT2D eigenvalue weighted by Crippen LogP contribution is -2.42. The number of carboxylic acid groups (broad SMARTS) is 1. The third kappa shape index (κ3) is 5.49. The van der Waals surface area contributed by atoms with E-state index in [1.807, 2.05) is 0 Å². The van der Waals surface area contributed by atoms with Gasteiger partial charge in [-0.15, -0.1) is 0 Å². The van der Waals surface area contributed by atoms with Gasteiger partial charge in [-0.05, 0) is 68.4 Å². The molecular formula is C21H28ClF2NO3. The lowest BCUT2D eigenvalue weighted by Gasteiger charge is -2.46. The Labute approximate surface area is 169 Å². The van der Waals surface area contributed by atoms with Crippen LogP contribution >= 0.6 is 11.6 Å². The number of piperidine rings is 1. The first-order valence-corrected chi connectivity index (χ1v) is 10.4. The topological polar surface area (TPSA) is 49.8 Å². The molecule has 7 heteroatoms. The van der Waals surface area contributed by atoms with Crippen molar-refractivity contribution >= 4 is 23.3 Å². The monoisotopic (exact) mass is 415 g/mol. The van der Waals surface area contributed by atoms with E-state index >= 15 is 0 Å². The summed E-state index contributed by atoms with van der Waals surface area (Å²) in [5.74, 6) is -0.0672. The van der Waals surface area contributed by atoms with E-state index in [4.69, 9.17) is 16.7 Å². The first-order chi connectivity index (χ1) is 13.2. The summed E-state index contributed by atoms with van der Waals surface area (Å²) in [5.41, 5.74) is 1.07. The first-order valence-electron chi connectivity index (χ1n) is 9.99. The Kier molecular flexibility index (Phi) is 6.37. The van der Waals surface area contributed by atoms with Crippen molar-refractivity contribution in [3.05, 3.63) is 23.2 Å². The molecule has 3 rings (SSSR count). The predicted octanol–water partition coefficient (Wildman–Crippen LogP) is 5.97. The van der Waals surface area contributed by atoms with Crippen LogP contribution in [0.2, 0.25) is 5.02 Å². The van der Waals surface area contributed by atoms with E-state index in [0.29, 0.717) is 16.4 Å². The Bertz CT molecular complexity index is 689. The number of anilines is 1. The Hall–Kier alpha value is -1.56. The maximum absolute atomic E-state index is 13.2. The Morgan fingerprint density at radius 1 is 1.29 bits per heavy atom. The zero-order valence-corrected chi connectivity index (χ0v) is 17.0. The molecule has 0 amide bonds. The molecule has 1 spiro atoms. The predicted molar refractivity (Wildman–Crippen MR) is 105 cm³/mol. The van der Waals surface area contributed by atoms with Crippen molar-refractivity contribution in [2.24, 2.45) is 11.3 Å². The van der Waals surface area contributed by atoms with Crippen molar-refractivity contribution in [3.8, 4) is 5.75 Å². The quantitative estimate of drug-likeness (QED) is 0.621. The number of carbonyl (C=O) groups is 1. The largest absolute Gasteiger partial charge is 0.481 e. The van der Waals surface area contributed by atoms with Gasteiger partial charge in [-0.2, -0.15) is 8.78 Å². The van der Waals surface area contributed by atoms with Crippen LogP contribution in [-0.4, -0.2) is 30.3 Å². The third-order valence-corrected chi connectivity index (χ3v) is 6.63. The lowest BCUT2D eigenvalue weighted by atomic mass is 9.65. The van der Waals surface area contributed by atoms with Crippen molar-refractivity contribution in [3.63, 3.8) is 0 Å². The molecule has 156 valence electrons. The normalized spacial score (nSPS) is 20.4. The number of benzene rings is 1. The molecule has 1 N–H and O–H groups in total. The summed E-state index contributed by atoms with van der Waals surface area (Å²) in [6.07, 6.45) is 4.39. The van der Waals surface area contributed by atoms with E-state index in [-0.39, 0.29) is 12.2 Å². The molecule has 0 unspecified atom stereocenters. The van der Waals surface area contributed by atoms with Crippen molar-refractivity contribution < 1.29 is 23.4 Å². The van der Waals surface area contributed by atoms with Crippen LogP contribution in [0.1, 0.15) is 58.3 Å². The summed E-state index contributed by atoms with van der Waals surface area (Å²) >= 11 is 6.32. The van der Waals surface area contributed by atoms with Crippen LogP contribution in [0.15, 0.2) is 18.2 Å². The SMILES string of the molecule is CC(F)(F)Oc1ccc(Cl)c(N2CCC3(CCC(CCC(=O)O)CC3)CC2)c1. The Morgan fingerprint density at radius 3 is 2.50 bits per heavy atom. The molecule has 0 aromatic heterocycles. The van der Waals surface area contributed by atoms with Gasteiger partial charge in [0, 0.05) is 32.5 Å². The molecule has 1 aliphatic heterocycles. The van der Waals surface area contributed by atoms with Gasteiger partial charge >= 0.3 is 12.1 Å². The van der Waals surface area contributed by atoms with E-state index in [9.17, 15) is 13.6 Å². The number of ether oxygens (including phenoxy) is 1. The van der Waals surface area contributed by atoms with Gasteiger partial charge < -0.3 is 14.7 Å². The molecular weight excluding hydrogens is 388 g/mol. The van der Waals surface area contributed by atoms with Crippen LogP contribution in [0, 0.1) is 11.3 Å². The minimum Gasteiger partial charge on any atom is -0.481 e. The first kappa shape index (κ1) is 21.2. The van der Waals surface area contributed by atoms with Crippen LogP contribution in [0.5, 0.6) is 5.75 Å². The molecule has 1 aromatic carbocycles. The van der Waals surface area contributed by atoms with Crippen LogP contribution < -0.4 is 9.64 Å². The van der Waals surface area contributed by atoms with Crippen LogP contribution in [0.4, 0.5) is 14.5 Å². The highest BCUT2D eigenvalue weighted by Crippen LogP contribution is 2.48. The van der Waals surface area contributed by atoms with Crippen molar-refractivity contribution in [2.75, 3.05) is 18.0 Å². The standard InChI is InChI=1S/C21H28ClF2NO3/c1-20(23,24)28-16-3-4-17(22)18(14-16)25-12-10-21(11-13-25)8-6-15(7-9-21)2-5-19(26)27/h3-4,14-15H,2,5-13H2,1H3,(H,26,27). The molecule has 1 saturated carbocycles. The van der Waals surface area contributed by atoms with Gasteiger partial charge in [-0.1, -0.05) is 11.6 Å². The van der Waals surface area contributed by atoms with E-state index in [1.54, 1.807) is 12.1 Å². The molecule has 0 atom stereocenters. The maximum Gasteiger partial charge on any atom is 0.394 e. The van der Waals surface area contributed by atoms with Crippen LogP contribution in [0.25, 0.3) is 0 Å². The summed E-state index contributed by atoms with van der Waals surface area (Å²) in [4.78, 5) is 12.9. The molecule has 28 heavy (non-hydrogen) atoms. The van der Waals surface area contributed by atoms with Crippen molar-refractivity contribution in [1.82, 2.24) is 0 Å². The van der Waals surface area contributed by atoms with Crippen molar-refractivity contribution in [1.29, 1.82) is 0 Å². The molecule has 2 aliphatic rings. The molecule has 1 saturated heterocycles. The highest BCUT2D eigenvalue weighted by atomic mass is 35.5. The van der Waals surface area contributed by atoms with Gasteiger partial charge in [0.2, 0.25) is 0 Å². The average molecular weight is 416 g/mol. The zero-order chi connectivity index (χ0) is 20.4. The summed E-state index contributed by atoms with van der Waals surface area (Å²) in [6.45, 7) is 2.40. The molecule has 1 aromatic rings. The minimum absolute atomic E-state index is 0.117. The van der Waals surface area contributed by atoms with Gasteiger partial charge in [0.05, 0.1) is 10.7 Å². The second-order valence-electron chi connectivity index (χ2n) is 8.39. The molecule has 2 fully saturated rings. The zero-order valence-electron chi connectivity index (χ0n) is 16.2. The molecule has 1 aliphatic carbocycles. The second-order valence-corrected chi connectivity index (χ2v) is 8.79. The number of nitrogens with zero attached hydrogens (tertiary/aromatic N) is 1. The van der Waals surface area contributed by atoms with Gasteiger partial charge in [-0.25, -0.2) is 0 Å². The minimum atomic E-state index is -3.23. The number of alkyl halides is 2. The van der Waals surface area contributed by atoms with Gasteiger partial charge in [-0.3, -0.25) is 4.79 Å². The fourth-order valence-corrected chi connectivity index (χ4v) is 4.87. The number of aliphatic carboxylic acids is 1. The average Bonchev–Trinajstić information content (AvgIpc) is 2.63. The van der Waals surface area contributed by atoms with E-state index in [0.717, 1.165) is 70.6 Å². The summed E-state index contributed by atoms with van der Waals surface area (Å²) in [5, 5.41) is 9.40. The molecule has 4 nitrogen and oxygen atoms in total. The van der Waals surface area contributed by atoms with Gasteiger partial charge in [0.1, 0.15) is 5.75 Å². The molecule has 0 bridgehead atoms. The number of halogens is 3. The van der Waals surface area contributed by atoms with Crippen LogP contribution in [0.3, 0.4) is 0 Å². The van der Waals surface area contributed by atoms with E-state index < -0.39 is 12.1 Å². The third-order valence-electron chi connectivity index (χ3n) is 6.31. The second kappa shape index (κ2) is 8.44. The summed E-state index contributed by atoms with van der Waals surface area (Å²) in [6, 6.07) is 4.67. The Morgan fingerprint density at radius 2 is 1.93 bits per heavy atom. The van der Waals surface area contributed by atoms with E-state index in [1.165, 1.54) is 6.07 Å². The lowest BCUT2D eigenvalue weighted by molar-refractivity contribution is -0.158.